The predicted molar refractivity (Wildman–Crippen MR) is 100 cm³/mol. The van der Waals surface area contributed by atoms with Crippen LogP contribution < -0.4 is 10.6 Å². The van der Waals surface area contributed by atoms with E-state index in [0.29, 0.717) is 18.3 Å². The van der Waals surface area contributed by atoms with Crippen LogP contribution in [0.25, 0.3) is 0 Å². The largest absolute Gasteiger partial charge is 0.393 e. The molecule has 2 aliphatic rings. The number of aliphatic hydroxyl groups is 1. The molecule has 0 bridgehead atoms. The van der Waals surface area contributed by atoms with Crippen LogP contribution >= 0.6 is 0 Å². The van der Waals surface area contributed by atoms with Crippen molar-refractivity contribution < 1.29 is 9.90 Å². The zero-order chi connectivity index (χ0) is 17.5. The number of hydrogen-bond donors (Lipinski definition) is 3. The summed E-state index contributed by atoms with van der Waals surface area (Å²) in [6.45, 7) is 2.09. The summed E-state index contributed by atoms with van der Waals surface area (Å²) in [5.74, 6) is 1.22. The molecule has 2 fully saturated rings. The van der Waals surface area contributed by atoms with Gasteiger partial charge in [-0.15, -0.1) is 0 Å². The quantitative estimate of drug-likeness (QED) is 0.636. The molecule has 1 saturated carbocycles. The third-order valence-electron chi connectivity index (χ3n) is 5.84. The molecule has 138 valence electrons. The summed E-state index contributed by atoms with van der Waals surface area (Å²) in [5.41, 5.74) is 1.35. The molecule has 1 aromatic rings. The molecule has 1 aliphatic heterocycles. The average Bonchev–Trinajstić information content (AvgIpc) is 2.63. The molecular formula is C21H32N2O2. The molecule has 0 unspecified atom stereocenters. The Morgan fingerprint density at radius 3 is 2.52 bits per heavy atom. The second kappa shape index (κ2) is 9.35. The topological polar surface area (TPSA) is 61.4 Å². The first kappa shape index (κ1) is 18.4. The third kappa shape index (κ3) is 5.55. The maximum absolute atomic E-state index is 12.4. The maximum Gasteiger partial charge on any atom is 0.220 e. The highest BCUT2D eigenvalue weighted by molar-refractivity contribution is 5.76. The van der Waals surface area contributed by atoms with E-state index in [1.165, 1.54) is 5.56 Å². The summed E-state index contributed by atoms with van der Waals surface area (Å²) in [6, 6.07) is 10.7. The molecule has 0 spiro atoms. The van der Waals surface area contributed by atoms with Crippen LogP contribution in [0.4, 0.5) is 0 Å². The fourth-order valence-electron chi connectivity index (χ4n) is 4.26. The van der Waals surface area contributed by atoms with Crippen molar-refractivity contribution in [2.45, 2.75) is 63.5 Å². The number of carbonyl (C=O) groups is 1. The summed E-state index contributed by atoms with van der Waals surface area (Å²) in [6.07, 6.45) is 7.45. The standard InChI is InChI=1S/C21H32N2O2/c24-19-14-18(15-19)21(17-10-12-22-13-11-17)23-20(25)9-5-4-8-16-6-2-1-3-7-16/h1-3,6-7,17-19,21-22,24H,4-5,8-15H2,(H,23,25)/t18?,19?,21-/m0/s1. The number of hydrogen-bond acceptors (Lipinski definition) is 3. The van der Waals surface area contributed by atoms with Gasteiger partial charge in [-0.2, -0.15) is 0 Å². The molecule has 1 atom stereocenters. The van der Waals surface area contributed by atoms with E-state index in [9.17, 15) is 9.90 Å². The van der Waals surface area contributed by atoms with Gasteiger partial charge in [0.25, 0.3) is 0 Å². The number of aryl methyl sites for hydroxylation is 1. The van der Waals surface area contributed by atoms with Crippen LogP contribution in [0, 0.1) is 11.8 Å². The van der Waals surface area contributed by atoms with E-state index in [0.717, 1.165) is 58.0 Å². The number of carbonyl (C=O) groups excluding carboxylic acids is 1. The minimum atomic E-state index is -0.156. The molecule has 4 heteroatoms. The SMILES string of the molecule is O=C(CCCCc1ccccc1)N[C@@H](C1CCNCC1)C1CC(O)C1. The summed E-state index contributed by atoms with van der Waals surface area (Å²) in [4.78, 5) is 12.4. The molecule has 1 saturated heterocycles. The highest BCUT2D eigenvalue weighted by Gasteiger charge is 2.38. The molecule has 1 aliphatic carbocycles. The number of aliphatic hydroxyl groups excluding tert-OH is 1. The fourth-order valence-corrected chi connectivity index (χ4v) is 4.26. The molecule has 0 aromatic heterocycles. The zero-order valence-corrected chi connectivity index (χ0v) is 15.1. The van der Waals surface area contributed by atoms with Crippen LogP contribution in [0.5, 0.6) is 0 Å². The Hall–Kier alpha value is -1.39. The Morgan fingerprint density at radius 1 is 1.12 bits per heavy atom. The van der Waals surface area contributed by atoms with Gasteiger partial charge in [0.2, 0.25) is 5.91 Å². The number of benzene rings is 1. The molecule has 3 N–H and O–H groups in total. The van der Waals surface area contributed by atoms with E-state index in [4.69, 9.17) is 0 Å². The van der Waals surface area contributed by atoms with Crippen LogP contribution in [0.3, 0.4) is 0 Å². The minimum Gasteiger partial charge on any atom is -0.393 e. The Labute approximate surface area is 151 Å². The van der Waals surface area contributed by atoms with E-state index in [1.54, 1.807) is 0 Å². The van der Waals surface area contributed by atoms with Crippen LogP contribution in [0.15, 0.2) is 30.3 Å². The van der Waals surface area contributed by atoms with Crippen molar-refractivity contribution in [1.82, 2.24) is 10.6 Å². The lowest BCUT2D eigenvalue weighted by Crippen LogP contribution is -2.52. The van der Waals surface area contributed by atoms with Crippen LogP contribution in [-0.2, 0) is 11.2 Å². The van der Waals surface area contributed by atoms with Crippen LogP contribution in [0.2, 0.25) is 0 Å². The summed E-state index contributed by atoms with van der Waals surface area (Å²) in [7, 11) is 0. The summed E-state index contributed by atoms with van der Waals surface area (Å²) < 4.78 is 0. The molecular weight excluding hydrogens is 312 g/mol. The molecule has 0 radical (unpaired) electrons. The van der Waals surface area contributed by atoms with Gasteiger partial charge >= 0.3 is 0 Å². The Kier molecular flexibility index (Phi) is 6.88. The Morgan fingerprint density at radius 2 is 1.84 bits per heavy atom. The Balaban J connectivity index is 1.41. The third-order valence-corrected chi connectivity index (χ3v) is 5.84. The van der Waals surface area contributed by atoms with Crippen molar-refractivity contribution >= 4 is 5.91 Å². The van der Waals surface area contributed by atoms with Gasteiger partial charge in [-0.25, -0.2) is 0 Å². The highest BCUT2D eigenvalue weighted by atomic mass is 16.3. The molecule has 25 heavy (non-hydrogen) atoms. The van der Waals surface area contributed by atoms with Gasteiger partial charge in [-0.1, -0.05) is 30.3 Å². The van der Waals surface area contributed by atoms with Crippen LogP contribution in [-0.4, -0.2) is 36.2 Å². The smallest absolute Gasteiger partial charge is 0.220 e. The van der Waals surface area contributed by atoms with E-state index in [-0.39, 0.29) is 18.1 Å². The summed E-state index contributed by atoms with van der Waals surface area (Å²) >= 11 is 0. The first-order valence-electron chi connectivity index (χ1n) is 9.94. The average molecular weight is 344 g/mol. The van der Waals surface area contributed by atoms with Gasteiger partial charge in [0.15, 0.2) is 0 Å². The van der Waals surface area contributed by atoms with Crippen molar-refractivity contribution in [3.63, 3.8) is 0 Å². The predicted octanol–water partition coefficient (Wildman–Crippen LogP) is 2.65. The Bertz CT molecular complexity index is 522. The van der Waals surface area contributed by atoms with E-state index >= 15 is 0 Å². The second-order valence-electron chi connectivity index (χ2n) is 7.76. The monoisotopic (exact) mass is 344 g/mol. The normalized spacial score (nSPS) is 25.2. The first-order valence-corrected chi connectivity index (χ1v) is 9.94. The van der Waals surface area contributed by atoms with Crippen molar-refractivity contribution in [2.24, 2.45) is 11.8 Å². The van der Waals surface area contributed by atoms with Crippen LogP contribution in [0.1, 0.15) is 50.5 Å². The van der Waals surface area contributed by atoms with Gasteiger partial charge < -0.3 is 15.7 Å². The minimum absolute atomic E-state index is 0.156. The summed E-state index contributed by atoms with van der Waals surface area (Å²) in [5, 5.41) is 16.4. The number of piperidine rings is 1. The fraction of sp³-hybridized carbons (Fsp3) is 0.667. The molecule has 1 aromatic carbocycles. The van der Waals surface area contributed by atoms with Gasteiger partial charge in [-0.05, 0) is 75.4 Å². The van der Waals surface area contributed by atoms with E-state index in [1.807, 2.05) is 6.07 Å². The number of unbranched alkanes of at least 4 members (excludes halogenated alkanes) is 1. The van der Waals surface area contributed by atoms with Crippen molar-refractivity contribution in [3.8, 4) is 0 Å². The number of amides is 1. The highest BCUT2D eigenvalue weighted by Crippen LogP contribution is 2.35. The van der Waals surface area contributed by atoms with Crippen molar-refractivity contribution in [2.75, 3.05) is 13.1 Å². The van der Waals surface area contributed by atoms with Gasteiger partial charge in [0.05, 0.1) is 6.10 Å². The number of rotatable bonds is 8. The van der Waals surface area contributed by atoms with Gasteiger partial charge in [0, 0.05) is 12.5 Å². The van der Waals surface area contributed by atoms with Crippen molar-refractivity contribution in [3.05, 3.63) is 35.9 Å². The van der Waals surface area contributed by atoms with E-state index < -0.39 is 0 Å². The first-order chi connectivity index (χ1) is 12.2. The lowest BCUT2D eigenvalue weighted by molar-refractivity contribution is -0.123. The molecule has 1 amide bonds. The van der Waals surface area contributed by atoms with E-state index in [2.05, 4.69) is 34.9 Å². The lowest BCUT2D eigenvalue weighted by atomic mass is 9.71. The second-order valence-corrected chi connectivity index (χ2v) is 7.76. The maximum atomic E-state index is 12.4. The lowest BCUT2D eigenvalue weighted by Gasteiger charge is -2.43. The van der Waals surface area contributed by atoms with Gasteiger partial charge in [-0.3, -0.25) is 4.79 Å². The van der Waals surface area contributed by atoms with Crippen molar-refractivity contribution in [1.29, 1.82) is 0 Å². The zero-order valence-electron chi connectivity index (χ0n) is 15.1. The molecule has 1 heterocycles. The van der Waals surface area contributed by atoms with Gasteiger partial charge in [0.1, 0.15) is 0 Å². The number of nitrogens with one attached hydrogen (secondary N) is 2. The molecule has 3 rings (SSSR count). The molecule has 4 nitrogen and oxygen atoms in total.